The fourth-order valence-electron chi connectivity index (χ4n) is 6.92. The Morgan fingerprint density at radius 3 is 2.08 bits per heavy atom. The highest BCUT2D eigenvalue weighted by Crippen LogP contribution is 2.44. The number of para-hydroxylation sites is 1. The molecule has 4 aromatic carbocycles. The van der Waals surface area contributed by atoms with E-state index in [1.807, 2.05) is 113 Å². The fraction of sp³-hybridized carbons (Fsp3) is 0.341. The van der Waals surface area contributed by atoms with Crippen molar-refractivity contribution in [3.63, 3.8) is 0 Å². The number of aromatic nitrogens is 1. The average molecular weight is 716 g/mol. The second-order valence-electron chi connectivity index (χ2n) is 14.1. The molecule has 0 saturated heterocycles. The molecule has 9 heteroatoms. The number of ether oxygens (including phenoxy) is 4. The van der Waals surface area contributed by atoms with E-state index >= 15 is 0 Å². The molecule has 1 N–H and O–H groups in total. The summed E-state index contributed by atoms with van der Waals surface area (Å²) < 4.78 is 23.8. The van der Waals surface area contributed by atoms with Crippen molar-refractivity contribution in [3.05, 3.63) is 132 Å². The lowest BCUT2D eigenvalue weighted by molar-refractivity contribution is -0.160. The molecule has 6 rings (SSSR count). The molecule has 276 valence electrons. The molecule has 5 aromatic rings. The lowest BCUT2D eigenvalue weighted by Gasteiger charge is -2.31. The van der Waals surface area contributed by atoms with E-state index < -0.39 is 18.4 Å². The van der Waals surface area contributed by atoms with Crippen LogP contribution in [0.25, 0.3) is 22.0 Å². The van der Waals surface area contributed by atoms with Gasteiger partial charge in [-0.1, -0.05) is 78.9 Å². The third-order valence-electron chi connectivity index (χ3n) is 9.21. The molecule has 9 nitrogen and oxygen atoms in total. The minimum Gasteiger partial charge on any atom is -0.488 e. The third-order valence-corrected chi connectivity index (χ3v) is 9.21. The summed E-state index contributed by atoms with van der Waals surface area (Å²) in [5.74, 6) is 0.308. The number of alkyl carbamates (subject to hydrolysis) is 1. The number of hydrogen-bond acceptors (Lipinski definition) is 7. The number of hydrogen-bond donors (Lipinski definition) is 1. The monoisotopic (exact) mass is 715 g/mol. The lowest BCUT2D eigenvalue weighted by atomic mass is 9.98. The highest BCUT2D eigenvalue weighted by atomic mass is 16.7. The molecule has 1 aromatic heterocycles. The second-order valence-corrected chi connectivity index (χ2v) is 14.1. The van der Waals surface area contributed by atoms with Gasteiger partial charge in [-0.2, -0.15) is 0 Å². The second kappa shape index (κ2) is 17.1. The van der Waals surface area contributed by atoms with Gasteiger partial charge in [0, 0.05) is 43.7 Å². The number of carbonyl (C=O) groups is 2. The Bertz CT molecular complexity index is 1950. The van der Waals surface area contributed by atoms with Crippen molar-refractivity contribution < 1.29 is 28.5 Å². The summed E-state index contributed by atoms with van der Waals surface area (Å²) in [6.07, 6.45) is 0.640. The zero-order valence-corrected chi connectivity index (χ0v) is 31.2. The van der Waals surface area contributed by atoms with Gasteiger partial charge in [0.1, 0.15) is 24.0 Å². The van der Waals surface area contributed by atoms with E-state index in [2.05, 4.69) is 34.6 Å². The third kappa shape index (κ3) is 9.41. The van der Waals surface area contributed by atoms with E-state index in [-0.39, 0.29) is 43.5 Å². The molecule has 0 bridgehead atoms. The van der Waals surface area contributed by atoms with Gasteiger partial charge in [-0.15, -0.1) is 0 Å². The standard InChI is InChI=1S/C44H49N3O6/c1-6-50-41(51-7-2)28-47(27-31-24-25-45-39-19-13-12-14-33(31)39)42(48)40(26-30-20-22-32(23-21-30)53-44(3,4)5)46-43(49)52-29-38-36-17-10-8-15-34(36)35-16-9-11-18-37(35)38/h8-25,38,40-41H,6-7,26-29H2,1-5H3,(H,46,49). The lowest BCUT2D eigenvalue weighted by Crippen LogP contribution is -2.51. The number of nitrogens with one attached hydrogen (secondary N) is 1. The van der Waals surface area contributed by atoms with Gasteiger partial charge in [-0.25, -0.2) is 4.79 Å². The molecular formula is C44H49N3O6. The highest BCUT2D eigenvalue weighted by molar-refractivity contribution is 5.87. The van der Waals surface area contributed by atoms with Gasteiger partial charge in [0.25, 0.3) is 0 Å². The predicted molar refractivity (Wildman–Crippen MR) is 207 cm³/mol. The molecule has 1 heterocycles. The van der Waals surface area contributed by atoms with Crippen molar-refractivity contribution in [2.45, 2.75) is 71.4 Å². The maximum atomic E-state index is 14.8. The minimum atomic E-state index is -0.961. The molecule has 0 saturated carbocycles. The molecule has 1 unspecified atom stereocenters. The summed E-state index contributed by atoms with van der Waals surface area (Å²) in [5.41, 5.74) is 6.74. The van der Waals surface area contributed by atoms with Crippen molar-refractivity contribution in [3.8, 4) is 16.9 Å². The number of nitrogens with zero attached hydrogens (tertiary/aromatic N) is 2. The molecule has 0 radical (unpaired) electrons. The van der Waals surface area contributed by atoms with E-state index in [1.54, 1.807) is 11.1 Å². The Labute approximate surface area is 312 Å². The van der Waals surface area contributed by atoms with Gasteiger partial charge in [0.05, 0.1) is 12.1 Å². The van der Waals surface area contributed by atoms with Crippen LogP contribution in [-0.2, 0) is 32.0 Å². The van der Waals surface area contributed by atoms with Gasteiger partial charge in [0.2, 0.25) is 5.91 Å². The quantitative estimate of drug-likeness (QED) is 0.109. The number of amides is 2. The van der Waals surface area contributed by atoms with E-state index in [0.717, 1.165) is 50.0 Å². The van der Waals surface area contributed by atoms with Crippen LogP contribution in [0.1, 0.15) is 62.8 Å². The zero-order valence-electron chi connectivity index (χ0n) is 31.2. The van der Waals surface area contributed by atoms with Crippen LogP contribution in [0.15, 0.2) is 109 Å². The first-order valence-corrected chi connectivity index (χ1v) is 18.4. The fourth-order valence-corrected chi connectivity index (χ4v) is 6.92. The van der Waals surface area contributed by atoms with Crippen LogP contribution in [-0.4, -0.2) is 66.2 Å². The SMILES string of the molecule is CCOC(CN(Cc1ccnc2ccccc12)C(=O)C(Cc1ccc(OC(C)(C)C)cc1)NC(=O)OCC1c2ccccc2-c2ccccc21)OCC. The predicted octanol–water partition coefficient (Wildman–Crippen LogP) is 8.29. The summed E-state index contributed by atoms with van der Waals surface area (Å²) >= 11 is 0. The first-order chi connectivity index (χ1) is 25.6. The van der Waals surface area contributed by atoms with Gasteiger partial charge in [-0.05, 0) is 92.3 Å². The number of pyridine rings is 1. The van der Waals surface area contributed by atoms with Crippen LogP contribution in [0.2, 0.25) is 0 Å². The van der Waals surface area contributed by atoms with E-state index in [1.165, 1.54) is 0 Å². The summed E-state index contributed by atoms with van der Waals surface area (Å²) in [4.78, 5) is 34.8. The average Bonchev–Trinajstić information content (AvgIpc) is 3.47. The van der Waals surface area contributed by atoms with Crippen LogP contribution in [0.5, 0.6) is 5.75 Å². The summed E-state index contributed by atoms with van der Waals surface area (Å²) in [6.45, 7) is 11.1. The molecule has 0 fully saturated rings. The molecule has 1 atom stereocenters. The number of fused-ring (bicyclic) bond motifs is 4. The maximum Gasteiger partial charge on any atom is 0.407 e. The smallest absolute Gasteiger partial charge is 0.407 e. The van der Waals surface area contributed by atoms with E-state index in [9.17, 15) is 9.59 Å². The molecular weight excluding hydrogens is 666 g/mol. The van der Waals surface area contributed by atoms with Gasteiger partial charge in [0.15, 0.2) is 6.29 Å². The van der Waals surface area contributed by atoms with Crippen molar-refractivity contribution in [1.29, 1.82) is 0 Å². The van der Waals surface area contributed by atoms with Crippen LogP contribution in [0.3, 0.4) is 0 Å². The topological polar surface area (TPSA) is 99.2 Å². The summed E-state index contributed by atoms with van der Waals surface area (Å²) in [7, 11) is 0. The van der Waals surface area contributed by atoms with Gasteiger partial charge < -0.3 is 29.2 Å². The Kier molecular flexibility index (Phi) is 12.1. The summed E-state index contributed by atoms with van der Waals surface area (Å²) in [5, 5.41) is 3.89. The molecule has 53 heavy (non-hydrogen) atoms. The van der Waals surface area contributed by atoms with E-state index in [0.29, 0.717) is 13.2 Å². The number of rotatable bonds is 15. The van der Waals surface area contributed by atoms with Crippen LogP contribution in [0, 0.1) is 0 Å². The minimum absolute atomic E-state index is 0.118. The maximum absolute atomic E-state index is 14.8. The number of benzene rings is 4. The summed E-state index contributed by atoms with van der Waals surface area (Å²) in [6, 6.07) is 32.8. The van der Waals surface area contributed by atoms with Crippen LogP contribution >= 0.6 is 0 Å². The molecule has 1 aliphatic rings. The Morgan fingerprint density at radius 2 is 1.43 bits per heavy atom. The van der Waals surface area contributed by atoms with Crippen molar-refractivity contribution in [2.75, 3.05) is 26.4 Å². The largest absolute Gasteiger partial charge is 0.488 e. The first kappa shape index (κ1) is 37.5. The van der Waals surface area contributed by atoms with Crippen molar-refractivity contribution >= 4 is 22.9 Å². The Balaban J connectivity index is 1.28. The molecule has 2 amide bonds. The molecule has 0 aliphatic heterocycles. The van der Waals surface area contributed by atoms with Gasteiger partial charge in [-0.3, -0.25) is 9.78 Å². The highest BCUT2D eigenvalue weighted by Gasteiger charge is 2.32. The normalized spacial score (nSPS) is 13.0. The Morgan fingerprint density at radius 1 is 0.811 bits per heavy atom. The molecule has 1 aliphatic carbocycles. The van der Waals surface area contributed by atoms with Crippen molar-refractivity contribution in [1.82, 2.24) is 15.2 Å². The van der Waals surface area contributed by atoms with Crippen LogP contribution in [0.4, 0.5) is 4.79 Å². The number of carbonyl (C=O) groups excluding carboxylic acids is 2. The van der Waals surface area contributed by atoms with Gasteiger partial charge >= 0.3 is 6.09 Å². The van der Waals surface area contributed by atoms with Crippen LogP contribution < -0.4 is 10.1 Å². The first-order valence-electron chi connectivity index (χ1n) is 18.4. The molecule has 0 spiro atoms. The van der Waals surface area contributed by atoms with E-state index in [4.69, 9.17) is 18.9 Å². The Hall–Kier alpha value is -5.25. The zero-order chi connectivity index (χ0) is 37.4. The van der Waals surface area contributed by atoms with Crippen molar-refractivity contribution in [2.24, 2.45) is 0 Å².